The summed E-state index contributed by atoms with van der Waals surface area (Å²) in [5.41, 5.74) is 3.43. The molecule has 0 spiro atoms. The van der Waals surface area contributed by atoms with Crippen molar-refractivity contribution in [3.05, 3.63) is 48.1 Å². The van der Waals surface area contributed by atoms with Crippen LogP contribution < -0.4 is 5.32 Å². The summed E-state index contributed by atoms with van der Waals surface area (Å²) >= 11 is 0. The van der Waals surface area contributed by atoms with Gasteiger partial charge in [0.05, 0.1) is 6.20 Å². The molecule has 0 saturated heterocycles. The third-order valence-corrected chi connectivity index (χ3v) is 3.83. The predicted octanol–water partition coefficient (Wildman–Crippen LogP) is 2.96. The topological polar surface area (TPSA) is 68.8 Å². The number of hydrogen-bond donors (Lipinski definition) is 1. The van der Waals surface area contributed by atoms with Crippen LogP contribution >= 0.6 is 0 Å². The summed E-state index contributed by atoms with van der Waals surface area (Å²) in [6.45, 7) is 0.636. The molecule has 112 valence electrons. The van der Waals surface area contributed by atoms with E-state index < -0.39 is 0 Å². The molecule has 0 atom stereocenters. The fraction of sp³-hybridized carbons (Fsp3) is 0.312. The van der Waals surface area contributed by atoms with Crippen molar-refractivity contribution >= 4 is 6.01 Å². The highest BCUT2D eigenvalue weighted by Gasteiger charge is 2.29. The van der Waals surface area contributed by atoms with Crippen molar-refractivity contribution in [1.29, 1.82) is 0 Å². The van der Waals surface area contributed by atoms with E-state index in [9.17, 15) is 0 Å². The molecule has 3 aromatic rings. The molecule has 4 rings (SSSR count). The van der Waals surface area contributed by atoms with Crippen LogP contribution in [0.25, 0.3) is 11.1 Å². The van der Waals surface area contributed by atoms with Gasteiger partial charge in [-0.3, -0.25) is 4.68 Å². The molecule has 1 aliphatic rings. The zero-order chi connectivity index (χ0) is 14.9. The minimum absolute atomic E-state index is 0.478. The van der Waals surface area contributed by atoms with Crippen LogP contribution in [0.15, 0.2) is 41.1 Å². The normalized spacial score (nSPS) is 14.2. The summed E-state index contributed by atoms with van der Waals surface area (Å²) in [6.07, 6.45) is 6.20. The van der Waals surface area contributed by atoms with Gasteiger partial charge in [-0.1, -0.05) is 29.4 Å². The summed E-state index contributed by atoms with van der Waals surface area (Å²) in [5, 5.41) is 15.6. The van der Waals surface area contributed by atoms with E-state index in [1.54, 1.807) is 4.68 Å². The molecular weight excluding hydrogens is 278 g/mol. The standard InChI is InChI=1S/C16H17N5O/c1-21-10-13(9-18-21)14-5-3-2-4-12(14)8-17-16-20-19-15(22-16)11-6-7-11/h2-5,9-11H,6-8H2,1H3,(H,17,20). The third-order valence-electron chi connectivity index (χ3n) is 3.83. The molecule has 0 amide bonds. The van der Waals surface area contributed by atoms with Crippen molar-refractivity contribution in [2.45, 2.75) is 25.3 Å². The maximum absolute atomic E-state index is 5.63. The van der Waals surface area contributed by atoms with Gasteiger partial charge in [-0.15, -0.1) is 5.10 Å². The van der Waals surface area contributed by atoms with Gasteiger partial charge < -0.3 is 9.73 Å². The molecule has 2 heterocycles. The lowest BCUT2D eigenvalue weighted by Crippen LogP contribution is -2.01. The molecule has 0 radical (unpaired) electrons. The number of benzene rings is 1. The van der Waals surface area contributed by atoms with Gasteiger partial charge in [0.25, 0.3) is 0 Å². The lowest BCUT2D eigenvalue weighted by Gasteiger charge is -2.07. The smallest absolute Gasteiger partial charge is 0.315 e. The largest absolute Gasteiger partial charge is 0.408 e. The predicted molar refractivity (Wildman–Crippen MR) is 82.2 cm³/mol. The van der Waals surface area contributed by atoms with Crippen LogP contribution in [-0.2, 0) is 13.6 Å². The molecule has 1 fully saturated rings. The number of anilines is 1. The molecule has 0 aliphatic heterocycles. The second-order valence-corrected chi connectivity index (χ2v) is 5.63. The van der Waals surface area contributed by atoms with Crippen molar-refractivity contribution in [2.75, 3.05) is 5.32 Å². The molecule has 1 saturated carbocycles. The third kappa shape index (κ3) is 2.59. The Hall–Kier alpha value is -2.63. The van der Waals surface area contributed by atoms with Crippen LogP contribution in [0.1, 0.15) is 30.2 Å². The van der Waals surface area contributed by atoms with E-state index in [2.05, 4.69) is 32.7 Å². The van der Waals surface area contributed by atoms with Crippen molar-refractivity contribution in [3.8, 4) is 11.1 Å². The van der Waals surface area contributed by atoms with E-state index in [4.69, 9.17) is 4.42 Å². The molecule has 0 unspecified atom stereocenters. The van der Waals surface area contributed by atoms with Crippen LogP contribution in [-0.4, -0.2) is 20.0 Å². The van der Waals surface area contributed by atoms with Crippen LogP contribution in [0, 0.1) is 0 Å². The number of hydrogen-bond acceptors (Lipinski definition) is 5. The van der Waals surface area contributed by atoms with E-state index in [0.717, 1.165) is 29.9 Å². The number of aromatic nitrogens is 4. The van der Waals surface area contributed by atoms with Gasteiger partial charge in [0, 0.05) is 31.3 Å². The van der Waals surface area contributed by atoms with E-state index in [1.807, 2.05) is 31.6 Å². The van der Waals surface area contributed by atoms with Gasteiger partial charge >= 0.3 is 6.01 Å². The van der Waals surface area contributed by atoms with Gasteiger partial charge in [0.2, 0.25) is 5.89 Å². The zero-order valence-corrected chi connectivity index (χ0v) is 12.4. The van der Waals surface area contributed by atoms with Gasteiger partial charge in [-0.25, -0.2) is 0 Å². The summed E-state index contributed by atoms with van der Waals surface area (Å²) in [7, 11) is 1.92. The number of nitrogens with zero attached hydrogens (tertiary/aromatic N) is 4. The maximum atomic E-state index is 5.63. The Kier molecular flexibility index (Phi) is 3.14. The monoisotopic (exact) mass is 295 g/mol. The summed E-state index contributed by atoms with van der Waals surface area (Å²) in [5.74, 6) is 1.23. The molecule has 1 aliphatic carbocycles. The van der Waals surface area contributed by atoms with Crippen LogP contribution in [0.5, 0.6) is 0 Å². The van der Waals surface area contributed by atoms with E-state index in [1.165, 1.54) is 5.56 Å². The first-order chi connectivity index (χ1) is 10.8. The maximum Gasteiger partial charge on any atom is 0.315 e. The Bertz CT molecular complexity index is 787. The Labute approximate surface area is 128 Å². The average Bonchev–Trinajstić information content (AvgIpc) is 3.12. The first-order valence-electron chi connectivity index (χ1n) is 7.44. The fourth-order valence-corrected chi connectivity index (χ4v) is 2.49. The molecule has 0 bridgehead atoms. The Morgan fingerprint density at radius 2 is 2.14 bits per heavy atom. The highest BCUT2D eigenvalue weighted by molar-refractivity contribution is 5.66. The first-order valence-corrected chi connectivity index (χ1v) is 7.44. The van der Waals surface area contributed by atoms with Gasteiger partial charge in [0.15, 0.2) is 0 Å². The Balaban J connectivity index is 1.52. The lowest BCUT2D eigenvalue weighted by atomic mass is 10.0. The molecule has 6 nitrogen and oxygen atoms in total. The van der Waals surface area contributed by atoms with Crippen molar-refractivity contribution in [3.63, 3.8) is 0 Å². The molecule has 22 heavy (non-hydrogen) atoms. The molecule has 1 aromatic carbocycles. The second-order valence-electron chi connectivity index (χ2n) is 5.63. The first kappa shape index (κ1) is 13.1. The van der Waals surface area contributed by atoms with Crippen molar-refractivity contribution in [2.24, 2.45) is 7.05 Å². The summed E-state index contributed by atoms with van der Waals surface area (Å²) in [6, 6.07) is 8.73. The highest BCUT2D eigenvalue weighted by Crippen LogP contribution is 2.39. The van der Waals surface area contributed by atoms with Gasteiger partial charge in [-0.05, 0) is 24.0 Å². The van der Waals surface area contributed by atoms with Gasteiger partial charge in [-0.2, -0.15) is 5.10 Å². The van der Waals surface area contributed by atoms with Crippen molar-refractivity contribution in [1.82, 2.24) is 20.0 Å². The van der Waals surface area contributed by atoms with Crippen LogP contribution in [0.2, 0.25) is 0 Å². The molecule has 1 N–H and O–H groups in total. The average molecular weight is 295 g/mol. The molecular formula is C16H17N5O. The summed E-state index contributed by atoms with van der Waals surface area (Å²) in [4.78, 5) is 0. The molecule has 2 aromatic heterocycles. The minimum Gasteiger partial charge on any atom is -0.408 e. The summed E-state index contributed by atoms with van der Waals surface area (Å²) < 4.78 is 7.43. The van der Waals surface area contributed by atoms with E-state index in [0.29, 0.717) is 18.5 Å². The Morgan fingerprint density at radius 3 is 2.91 bits per heavy atom. The zero-order valence-electron chi connectivity index (χ0n) is 12.4. The number of rotatable bonds is 5. The second kappa shape index (κ2) is 5.29. The molecule has 6 heteroatoms. The van der Waals surface area contributed by atoms with E-state index >= 15 is 0 Å². The fourth-order valence-electron chi connectivity index (χ4n) is 2.49. The van der Waals surface area contributed by atoms with Crippen molar-refractivity contribution < 1.29 is 4.42 Å². The minimum atomic E-state index is 0.478. The SMILES string of the molecule is Cn1cc(-c2ccccc2CNc2nnc(C3CC3)o2)cn1. The van der Waals surface area contributed by atoms with Gasteiger partial charge in [0.1, 0.15) is 0 Å². The van der Waals surface area contributed by atoms with Crippen LogP contribution in [0.3, 0.4) is 0 Å². The lowest BCUT2D eigenvalue weighted by molar-refractivity contribution is 0.507. The highest BCUT2D eigenvalue weighted by atomic mass is 16.4. The van der Waals surface area contributed by atoms with Crippen LogP contribution in [0.4, 0.5) is 6.01 Å². The Morgan fingerprint density at radius 1 is 1.27 bits per heavy atom. The quantitative estimate of drug-likeness (QED) is 0.783. The number of aryl methyl sites for hydroxylation is 1. The number of nitrogens with one attached hydrogen (secondary N) is 1. The van der Waals surface area contributed by atoms with E-state index in [-0.39, 0.29) is 0 Å².